The van der Waals surface area contributed by atoms with Crippen molar-refractivity contribution in [3.05, 3.63) is 29.8 Å². The minimum absolute atomic E-state index is 0.0671. The van der Waals surface area contributed by atoms with Gasteiger partial charge in [0.25, 0.3) is 0 Å². The van der Waals surface area contributed by atoms with Crippen molar-refractivity contribution in [2.75, 3.05) is 0 Å². The van der Waals surface area contributed by atoms with Gasteiger partial charge in [-0.2, -0.15) is 0 Å². The number of aromatic carboxylic acids is 1. The minimum atomic E-state index is -1.11. The third-order valence-electron chi connectivity index (χ3n) is 1.13. The van der Waals surface area contributed by atoms with Crippen LogP contribution in [0.25, 0.3) is 0 Å². The predicted octanol–water partition coefficient (Wildman–Crippen LogP) is 1.17. The van der Waals surface area contributed by atoms with E-state index in [1.807, 2.05) is 0 Å². The third kappa shape index (κ3) is 5.35. The van der Waals surface area contributed by atoms with Gasteiger partial charge in [-0.3, -0.25) is 0 Å². The van der Waals surface area contributed by atoms with Gasteiger partial charge in [-0.05, 0) is 12.1 Å². The second-order valence-electron chi connectivity index (χ2n) is 2.24. The second kappa shape index (κ2) is 6.18. The van der Waals surface area contributed by atoms with Crippen LogP contribution in [0, 0.1) is 0 Å². The summed E-state index contributed by atoms with van der Waals surface area (Å²) in [6.45, 7) is 1.33. The van der Waals surface area contributed by atoms with Gasteiger partial charge in [0.15, 0.2) is 0 Å². The molecule has 0 spiro atoms. The van der Waals surface area contributed by atoms with Gasteiger partial charge in [-0.1, -0.05) is 12.1 Å². The quantitative estimate of drug-likeness (QED) is 0.728. The maximum absolute atomic E-state index is 10.3. The van der Waals surface area contributed by atoms with Crippen LogP contribution >= 0.6 is 0 Å². The first-order chi connectivity index (χ1) is 6.45. The molecular weight excluding hydrogens is 236 g/mol. The zero-order valence-corrected chi connectivity index (χ0v) is 8.26. The Morgan fingerprint density at radius 1 is 1.29 bits per heavy atom. The number of hydrogen-bond acceptors (Lipinski definition) is 3. The largest absolute Gasteiger partial charge is 0.507 e. The second-order valence-corrected chi connectivity index (χ2v) is 2.90. The maximum Gasteiger partial charge on any atom is 0.339 e. The molecule has 0 fully saturated rings. The fourth-order valence-corrected chi connectivity index (χ4v) is 0.654. The van der Waals surface area contributed by atoms with Crippen LogP contribution in [0.2, 0.25) is 0 Å². The standard InChI is InChI=1S/C7H6O3.C2H3O.Cu/c8-6-4-2-1-3-5(6)7(9)10;1-2-3;/h1-4,8H,(H,9,10);1H3;. The number of aromatic hydroxyl groups is 1. The fourth-order valence-electron chi connectivity index (χ4n) is 0.654. The van der Waals surface area contributed by atoms with Gasteiger partial charge in [0, 0.05) is 0 Å². The number of benzene rings is 1. The molecule has 1 aromatic carbocycles. The smallest absolute Gasteiger partial charge is 0.339 e. The molecule has 0 aliphatic heterocycles. The summed E-state index contributed by atoms with van der Waals surface area (Å²) in [5.41, 5.74) is -0.0671. The van der Waals surface area contributed by atoms with E-state index < -0.39 is 5.97 Å². The normalized spacial score (nSPS) is 8.50. The van der Waals surface area contributed by atoms with Crippen LogP contribution in [0.3, 0.4) is 0 Å². The van der Waals surface area contributed by atoms with E-state index in [1.54, 1.807) is 12.1 Å². The zero-order valence-electron chi connectivity index (χ0n) is 7.32. The number of rotatable bonds is 1. The van der Waals surface area contributed by atoms with Crippen molar-refractivity contribution in [1.82, 2.24) is 0 Å². The van der Waals surface area contributed by atoms with Crippen molar-refractivity contribution in [2.24, 2.45) is 0 Å². The Bertz CT molecular complexity index is 331. The number of carboxylic acids is 1. The molecule has 0 saturated carbocycles. The number of carbonyl (C=O) groups is 2. The van der Waals surface area contributed by atoms with Crippen molar-refractivity contribution in [3.63, 3.8) is 0 Å². The minimum Gasteiger partial charge on any atom is -0.507 e. The van der Waals surface area contributed by atoms with E-state index in [1.165, 1.54) is 19.1 Å². The molecule has 0 radical (unpaired) electrons. The molecule has 5 heteroatoms. The monoisotopic (exact) mass is 244 g/mol. The summed E-state index contributed by atoms with van der Waals surface area (Å²) >= 11 is 4.10. The molecule has 0 atom stereocenters. The number of para-hydroxylation sites is 1. The Morgan fingerprint density at radius 2 is 1.71 bits per heavy atom. The Kier molecular flexibility index (Phi) is 5.60. The summed E-state index contributed by atoms with van der Waals surface area (Å²) in [5.74, 6) is -1.31. The van der Waals surface area contributed by atoms with Crippen LogP contribution in [-0.4, -0.2) is 20.9 Å². The van der Waals surface area contributed by atoms with Crippen LogP contribution in [0.5, 0.6) is 5.75 Å². The predicted molar refractivity (Wildman–Crippen MR) is 45.7 cm³/mol. The van der Waals surface area contributed by atoms with E-state index in [4.69, 9.17) is 10.2 Å². The summed E-state index contributed by atoms with van der Waals surface area (Å²) in [5, 5.41) is 17.3. The average molecular weight is 245 g/mol. The molecule has 80 valence electrons. The van der Waals surface area contributed by atoms with Crippen LogP contribution in [0.15, 0.2) is 24.3 Å². The van der Waals surface area contributed by atoms with Crippen molar-refractivity contribution < 1.29 is 35.8 Å². The number of phenols is 1. The van der Waals surface area contributed by atoms with Gasteiger partial charge in [-0.15, -0.1) is 0 Å². The first-order valence-electron chi connectivity index (χ1n) is 3.58. The van der Waals surface area contributed by atoms with E-state index in [0.717, 1.165) is 0 Å². The molecule has 0 unspecified atom stereocenters. The van der Waals surface area contributed by atoms with Crippen LogP contribution in [0.1, 0.15) is 17.3 Å². The molecule has 0 aliphatic carbocycles. The van der Waals surface area contributed by atoms with Crippen molar-refractivity contribution in [1.29, 1.82) is 0 Å². The SMILES string of the molecule is C[C](=O)[Cu].O=C(O)c1ccccc1O. The van der Waals surface area contributed by atoms with E-state index in [-0.39, 0.29) is 16.0 Å². The first-order valence-corrected chi connectivity index (χ1v) is 4.05. The topological polar surface area (TPSA) is 74.6 Å². The molecule has 0 saturated heterocycles. The Hall–Kier alpha value is -1.32. The zero-order chi connectivity index (χ0) is 11.1. The Balaban J connectivity index is 0.000000364. The summed E-state index contributed by atoms with van der Waals surface area (Å²) < 4.78 is -0.271. The molecule has 0 heterocycles. The molecule has 0 amide bonds. The van der Waals surface area contributed by atoms with Crippen LogP contribution in [-0.2, 0) is 20.8 Å². The number of carbonyl (C=O) groups excluding carboxylic acids is 1. The molecule has 0 aliphatic rings. The van der Waals surface area contributed by atoms with E-state index in [9.17, 15) is 9.59 Å². The fraction of sp³-hybridized carbons (Fsp3) is 0.111. The molecule has 4 nitrogen and oxygen atoms in total. The summed E-state index contributed by atoms with van der Waals surface area (Å²) in [7, 11) is 0. The Morgan fingerprint density at radius 3 is 2.00 bits per heavy atom. The molecule has 14 heavy (non-hydrogen) atoms. The Labute approximate surface area is 89.4 Å². The van der Waals surface area contributed by atoms with Gasteiger partial charge in [0.05, 0.1) is 0 Å². The molecule has 0 aromatic heterocycles. The maximum atomic E-state index is 10.3. The number of carboxylic acid groups (broad SMARTS) is 1. The van der Waals surface area contributed by atoms with Gasteiger partial charge in [0.1, 0.15) is 11.3 Å². The van der Waals surface area contributed by atoms with Gasteiger partial charge in [-0.25, -0.2) is 4.79 Å². The molecular formula is C9H9CuO4. The molecule has 1 aromatic rings. The van der Waals surface area contributed by atoms with Gasteiger partial charge in [0.2, 0.25) is 0 Å². The average Bonchev–Trinajstić information content (AvgIpc) is 2.03. The molecule has 0 bridgehead atoms. The van der Waals surface area contributed by atoms with Gasteiger partial charge >= 0.3 is 38.4 Å². The summed E-state index contributed by atoms with van der Waals surface area (Å²) in [4.78, 5) is 19.5. The van der Waals surface area contributed by atoms with Crippen molar-refractivity contribution >= 4 is 10.7 Å². The van der Waals surface area contributed by atoms with E-state index in [2.05, 4.69) is 16.0 Å². The van der Waals surface area contributed by atoms with E-state index in [0.29, 0.717) is 0 Å². The third-order valence-corrected chi connectivity index (χ3v) is 1.13. The summed E-state index contributed by atoms with van der Waals surface area (Å²) in [6, 6.07) is 5.81. The van der Waals surface area contributed by atoms with E-state index >= 15 is 0 Å². The number of hydrogen-bond donors (Lipinski definition) is 2. The van der Waals surface area contributed by atoms with Crippen molar-refractivity contribution in [2.45, 2.75) is 6.92 Å². The van der Waals surface area contributed by atoms with Gasteiger partial charge < -0.3 is 10.2 Å². The molecule has 2 N–H and O–H groups in total. The first kappa shape index (κ1) is 12.7. The van der Waals surface area contributed by atoms with Crippen molar-refractivity contribution in [3.8, 4) is 5.75 Å². The molecule has 1 rings (SSSR count). The summed E-state index contributed by atoms with van der Waals surface area (Å²) in [6.07, 6.45) is 0. The van der Waals surface area contributed by atoms with Crippen LogP contribution in [0.4, 0.5) is 0 Å². The van der Waals surface area contributed by atoms with Crippen LogP contribution < -0.4 is 0 Å².